The molecular weight excluding hydrogens is 276 g/mol. The maximum absolute atomic E-state index is 11.8. The van der Waals surface area contributed by atoms with Crippen LogP contribution in [0, 0.1) is 5.92 Å². The summed E-state index contributed by atoms with van der Waals surface area (Å²) in [6, 6.07) is 5.43. The normalized spacial score (nSPS) is 12.3. The van der Waals surface area contributed by atoms with Crippen molar-refractivity contribution in [2.45, 2.75) is 32.9 Å². The van der Waals surface area contributed by atoms with Gasteiger partial charge in [-0.3, -0.25) is 4.79 Å². The first kappa shape index (κ1) is 16.8. The van der Waals surface area contributed by atoms with E-state index in [1.54, 1.807) is 14.2 Å². The van der Waals surface area contributed by atoms with Gasteiger partial charge in [0.2, 0.25) is 5.91 Å². The summed E-state index contributed by atoms with van der Waals surface area (Å²) in [7, 11) is 3.24. The van der Waals surface area contributed by atoms with Crippen molar-refractivity contribution < 1.29 is 9.53 Å². The summed E-state index contributed by atoms with van der Waals surface area (Å²) >= 11 is 6.09. The SMILES string of the molecule is CNC(=O)C(CC(C)C)NCc1ccc(OC)c(Cl)c1. The van der Waals surface area contributed by atoms with Gasteiger partial charge >= 0.3 is 0 Å². The largest absolute Gasteiger partial charge is 0.495 e. The Morgan fingerprint density at radius 3 is 2.60 bits per heavy atom. The minimum absolute atomic E-state index is 0.0123. The number of likely N-dealkylation sites (N-methyl/N-ethyl adjacent to an activating group) is 1. The van der Waals surface area contributed by atoms with E-state index in [1.807, 2.05) is 18.2 Å². The number of ether oxygens (including phenoxy) is 1. The molecule has 0 heterocycles. The second-order valence-corrected chi connectivity index (χ2v) is 5.55. The molecule has 0 aliphatic rings. The van der Waals surface area contributed by atoms with E-state index in [1.165, 1.54) is 0 Å². The molecule has 0 radical (unpaired) electrons. The molecule has 4 nitrogen and oxygen atoms in total. The van der Waals surface area contributed by atoms with E-state index in [0.29, 0.717) is 23.2 Å². The molecule has 1 amide bonds. The van der Waals surface area contributed by atoms with Crippen LogP contribution in [0.25, 0.3) is 0 Å². The zero-order valence-corrected chi connectivity index (χ0v) is 13.3. The van der Waals surface area contributed by atoms with Crippen molar-refractivity contribution in [3.05, 3.63) is 28.8 Å². The van der Waals surface area contributed by atoms with Crippen molar-refractivity contribution >= 4 is 17.5 Å². The molecule has 0 aromatic heterocycles. The van der Waals surface area contributed by atoms with Crippen molar-refractivity contribution in [2.24, 2.45) is 5.92 Å². The van der Waals surface area contributed by atoms with Gasteiger partial charge in [0.25, 0.3) is 0 Å². The fourth-order valence-electron chi connectivity index (χ4n) is 1.99. The monoisotopic (exact) mass is 298 g/mol. The highest BCUT2D eigenvalue weighted by atomic mass is 35.5. The van der Waals surface area contributed by atoms with Crippen molar-refractivity contribution in [1.29, 1.82) is 0 Å². The molecule has 0 aliphatic carbocycles. The summed E-state index contributed by atoms with van der Waals surface area (Å²) in [6.07, 6.45) is 0.795. The molecule has 1 aromatic rings. The van der Waals surface area contributed by atoms with Gasteiger partial charge in [-0.05, 0) is 30.0 Å². The van der Waals surface area contributed by atoms with Crippen LogP contribution in [0.2, 0.25) is 5.02 Å². The lowest BCUT2D eigenvalue weighted by Gasteiger charge is -2.19. The Labute approximate surface area is 125 Å². The van der Waals surface area contributed by atoms with E-state index in [9.17, 15) is 4.79 Å². The molecule has 1 rings (SSSR count). The Morgan fingerprint density at radius 1 is 1.40 bits per heavy atom. The van der Waals surface area contributed by atoms with Gasteiger partial charge in [0.15, 0.2) is 0 Å². The third-order valence-electron chi connectivity index (χ3n) is 3.04. The van der Waals surface area contributed by atoms with Crippen LogP contribution >= 0.6 is 11.6 Å². The van der Waals surface area contributed by atoms with E-state index in [0.717, 1.165) is 12.0 Å². The molecule has 0 fully saturated rings. The van der Waals surface area contributed by atoms with Crippen molar-refractivity contribution in [3.8, 4) is 5.75 Å². The van der Waals surface area contributed by atoms with Crippen LogP contribution in [0.4, 0.5) is 0 Å². The van der Waals surface area contributed by atoms with Crippen LogP contribution in [0.5, 0.6) is 5.75 Å². The van der Waals surface area contributed by atoms with Crippen molar-refractivity contribution in [2.75, 3.05) is 14.2 Å². The van der Waals surface area contributed by atoms with E-state index in [4.69, 9.17) is 16.3 Å². The lowest BCUT2D eigenvalue weighted by molar-refractivity contribution is -0.123. The molecule has 1 unspecified atom stereocenters. The standard InChI is InChI=1S/C15H23ClN2O2/c1-10(2)7-13(15(19)17-3)18-9-11-5-6-14(20-4)12(16)8-11/h5-6,8,10,13,18H,7,9H2,1-4H3,(H,17,19). The van der Waals surface area contributed by atoms with Gasteiger partial charge in [-0.25, -0.2) is 0 Å². The van der Waals surface area contributed by atoms with E-state index >= 15 is 0 Å². The predicted octanol–water partition coefficient (Wildman–Crippen LogP) is 2.60. The Bertz CT molecular complexity index is 449. The molecule has 112 valence electrons. The highest BCUT2D eigenvalue weighted by Gasteiger charge is 2.17. The number of carbonyl (C=O) groups excluding carboxylic acids is 1. The minimum Gasteiger partial charge on any atom is -0.495 e. The number of hydrogen-bond acceptors (Lipinski definition) is 3. The number of amides is 1. The number of methoxy groups -OCH3 is 1. The smallest absolute Gasteiger partial charge is 0.236 e. The Kier molecular flexibility index (Phi) is 6.82. The Morgan fingerprint density at radius 2 is 2.10 bits per heavy atom. The van der Waals surface area contributed by atoms with Crippen LogP contribution < -0.4 is 15.4 Å². The second-order valence-electron chi connectivity index (χ2n) is 5.15. The van der Waals surface area contributed by atoms with Crippen LogP contribution in [0.3, 0.4) is 0 Å². The van der Waals surface area contributed by atoms with Crippen LogP contribution in [-0.4, -0.2) is 26.1 Å². The first-order valence-corrected chi connectivity index (χ1v) is 7.13. The van der Waals surface area contributed by atoms with Gasteiger partial charge in [0.05, 0.1) is 18.2 Å². The number of rotatable bonds is 7. The molecular formula is C15H23ClN2O2. The molecule has 0 saturated heterocycles. The predicted molar refractivity (Wildman–Crippen MR) is 82.2 cm³/mol. The number of carbonyl (C=O) groups is 1. The molecule has 0 saturated carbocycles. The second kappa shape index (κ2) is 8.12. The zero-order chi connectivity index (χ0) is 15.1. The molecule has 20 heavy (non-hydrogen) atoms. The van der Waals surface area contributed by atoms with Crippen molar-refractivity contribution in [1.82, 2.24) is 10.6 Å². The lowest BCUT2D eigenvalue weighted by Crippen LogP contribution is -2.43. The fourth-order valence-corrected chi connectivity index (χ4v) is 2.27. The van der Waals surface area contributed by atoms with Gasteiger partial charge in [0, 0.05) is 13.6 Å². The third kappa shape index (κ3) is 5.02. The average Bonchev–Trinajstić information content (AvgIpc) is 2.42. The van der Waals surface area contributed by atoms with Gasteiger partial charge in [-0.2, -0.15) is 0 Å². The summed E-state index contributed by atoms with van der Waals surface area (Å²) in [6.45, 7) is 4.79. The lowest BCUT2D eigenvalue weighted by atomic mass is 10.0. The van der Waals surface area contributed by atoms with Crippen LogP contribution in [0.15, 0.2) is 18.2 Å². The van der Waals surface area contributed by atoms with Gasteiger partial charge in [-0.1, -0.05) is 31.5 Å². The summed E-state index contributed by atoms with van der Waals surface area (Å²) < 4.78 is 5.12. The van der Waals surface area contributed by atoms with E-state index in [-0.39, 0.29) is 11.9 Å². The molecule has 1 aromatic carbocycles. The van der Waals surface area contributed by atoms with Crippen LogP contribution in [0.1, 0.15) is 25.8 Å². The zero-order valence-electron chi connectivity index (χ0n) is 12.5. The van der Waals surface area contributed by atoms with E-state index < -0.39 is 0 Å². The fraction of sp³-hybridized carbons (Fsp3) is 0.533. The number of halogens is 1. The third-order valence-corrected chi connectivity index (χ3v) is 3.33. The Hall–Kier alpha value is -1.26. The first-order valence-electron chi connectivity index (χ1n) is 6.75. The minimum atomic E-state index is -0.194. The van der Waals surface area contributed by atoms with Gasteiger partial charge in [0.1, 0.15) is 5.75 Å². The quantitative estimate of drug-likeness (QED) is 0.813. The highest BCUT2D eigenvalue weighted by molar-refractivity contribution is 6.32. The maximum Gasteiger partial charge on any atom is 0.236 e. The van der Waals surface area contributed by atoms with E-state index in [2.05, 4.69) is 24.5 Å². The number of benzene rings is 1. The van der Waals surface area contributed by atoms with Gasteiger partial charge < -0.3 is 15.4 Å². The first-order chi connectivity index (χ1) is 9.47. The van der Waals surface area contributed by atoms with Gasteiger partial charge in [-0.15, -0.1) is 0 Å². The number of nitrogens with one attached hydrogen (secondary N) is 2. The summed E-state index contributed by atoms with van der Waals surface area (Å²) in [4.78, 5) is 11.8. The average molecular weight is 299 g/mol. The molecule has 2 N–H and O–H groups in total. The molecule has 5 heteroatoms. The maximum atomic E-state index is 11.8. The van der Waals surface area contributed by atoms with Crippen molar-refractivity contribution in [3.63, 3.8) is 0 Å². The van der Waals surface area contributed by atoms with Crippen LogP contribution in [-0.2, 0) is 11.3 Å². The molecule has 0 spiro atoms. The Balaban J connectivity index is 2.67. The molecule has 1 atom stereocenters. The summed E-state index contributed by atoms with van der Waals surface area (Å²) in [5, 5.41) is 6.54. The topological polar surface area (TPSA) is 50.4 Å². The molecule has 0 bridgehead atoms. The summed E-state index contributed by atoms with van der Waals surface area (Å²) in [5.41, 5.74) is 1.02. The summed E-state index contributed by atoms with van der Waals surface area (Å²) in [5.74, 6) is 1.11. The number of hydrogen-bond donors (Lipinski definition) is 2. The highest BCUT2D eigenvalue weighted by Crippen LogP contribution is 2.24. The molecule has 0 aliphatic heterocycles.